The molecule has 0 saturated heterocycles. The average molecular weight is 259 g/mol. The Kier molecular flexibility index (Phi) is 4.67. The highest BCUT2D eigenvalue weighted by atomic mass is 14.7. The van der Waals surface area contributed by atoms with E-state index in [-0.39, 0.29) is 0 Å². The van der Waals surface area contributed by atoms with Crippen LogP contribution in [0.1, 0.15) is 49.8 Å². The second-order valence-corrected chi connectivity index (χ2v) is 6.98. The van der Waals surface area contributed by atoms with Crippen LogP contribution in [0.15, 0.2) is 18.2 Å². The van der Waals surface area contributed by atoms with Crippen molar-refractivity contribution in [3.8, 4) is 0 Å². The van der Waals surface area contributed by atoms with Crippen LogP contribution in [0, 0.1) is 31.6 Å². The average Bonchev–Trinajstić information content (AvgIpc) is 2.32. The largest absolute Gasteiger partial charge is 0.327 e. The Balaban J connectivity index is 2.03. The fourth-order valence-electron chi connectivity index (χ4n) is 3.80. The zero-order valence-electron chi connectivity index (χ0n) is 12.9. The number of aryl methyl sites for hydroxylation is 2. The maximum atomic E-state index is 6.52. The van der Waals surface area contributed by atoms with Crippen molar-refractivity contribution >= 4 is 0 Å². The molecule has 2 N–H and O–H groups in total. The van der Waals surface area contributed by atoms with E-state index in [0.29, 0.717) is 12.0 Å². The van der Waals surface area contributed by atoms with Crippen molar-refractivity contribution in [1.82, 2.24) is 0 Å². The molecule has 0 bridgehead atoms. The van der Waals surface area contributed by atoms with E-state index in [2.05, 4.69) is 45.9 Å². The maximum Gasteiger partial charge on any atom is 0.0108 e. The third-order valence-electron chi connectivity index (χ3n) is 4.78. The first kappa shape index (κ1) is 14.6. The number of hydrogen-bond acceptors (Lipinski definition) is 1. The molecule has 1 heteroatoms. The lowest BCUT2D eigenvalue weighted by molar-refractivity contribution is 0.192. The topological polar surface area (TPSA) is 26.0 Å². The molecule has 0 radical (unpaired) electrons. The van der Waals surface area contributed by atoms with Crippen molar-refractivity contribution in [2.45, 2.75) is 59.4 Å². The Hall–Kier alpha value is -0.820. The molecule has 1 saturated carbocycles. The van der Waals surface area contributed by atoms with Crippen LogP contribution in [-0.4, -0.2) is 6.04 Å². The summed E-state index contributed by atoms with van der Waals surface area (Å²) in [6, 6.07) is 7.05. The molecular formula is C18H29N. The summed E-state index contributed by atoms with van der Waals surface area (Å²) in [6.07, 6.45) is 5.05. The predicted molar refractivity (Wildman–Crippen MR) is 83.3 cm³/mol. The van der Waals surface area contributed by atoms with Gasteiger partial charge in [0.2, 0.25) is 0 Å². The van der Waals surface area contributed by atoms with Crippen LogP contribution in [0.25, 0.3) is 0 Å². The van der Waals surface area contributed by atoms with Crippen LogP contribution in [0.4, 0.5) is 0 Å². The monoisotopic (exact) mass is 259 g/mol. The van der Waals surface area contributed by atoms with Crippen molar-refractivity contribution in [2.75, 3.05) is 0 Å². The zero-order chi connectivity index (χ0) is 14.0. The van der Waals surface area contributed by atoms with Gasteiger partial charge in [-0.25, -0.2) is 0 Å². The molecule has 1 aliphatic carbocycles. The molecule has 1 aliphatic rings. The Labute approximate surface area is 118 Å². The van der Waals surface area contributed by atoms with Crippen LogP contribution in [-0.2, 0) is 6.42 Å². The minimum absolute atomic E-state index is 0.325. The van der Waals surface area contributed by atoms with E-state index in [1.807, 2.05) is 0 Å². The molecular weight excluding hydrogens is 230 g/mol. The second-order valence-electron chi connectivity index (χ2n) is 6.98. The van der Waals surface area contributed by atoms with E-state index < -0.39 is 0 Å². The molecule has 0 aromatic heterocycles. The molecule has 1 aromatic rings. The smallest absolute Gasteiger partial charge is 0.0108 e. The number of benzene rings is 1. The third-order valence-corrected chi connectivity index (χ3v) is 4.78. The van der Waals surface area contributed by atoms with E-state index in [1.165, 1.54) is 36.0 Å². The van der Waals surface area contributed by atoms with E-state index in [1.54, 1.807) is 0 Å². The molecule has 1 nitrogen and oxygen atoms in total. The van der Waals surface area contributed by atoms with Gasteiger partial charge in [0, 0.05) is 6.04 Å². The molecule has 3 atom stereocenters. The molecule has 19 heavy (non-hydrogen) atoms. The van der Waals surface area contributed by atoms with Gasteiger partial charge in [0.15, 0.2) is 0 Å². The predicted octanol–water partition coefficient (Wildman–Crippen LogP) is 4.25. The van der Waals surface area contributed by atoms with Gasteiger partial charge in [-0.15, -0.1) is 0 Å². The lowest BCUT2D eigenvalue weighted by atomic mass is 9.73. The van der Waals surface area contributed by atoms with Gasteiger partial charge >= 0.3 is 0 Å². The SMILES string of the molecule is Cc1ccc(C)c(CC(N)C2CC(C)CC(C)C2)c1. The molecule has 0 heterocycles. The van der Waals surface area contributed by atoms with Crippen molar-refractivity contribution in [3.05, 3.63) is 34.9 Å². The van der Waals surface area contributed by atoms with Crippen molar-refractivity contribution in [1.29, 1.82) is 0 Å². The first-order valence-corrected chi connectivity index (χ1v) is 7.77. The van der Waals surface area contributed by atoms with Gasteiger partial charge in [-0.2, -0.15) is 0 Å². The number of hydrogen-bond donors (Lipinski definition) is 1. The summed E-state index contributed by atoms with van der Waals surface area (Å²) in [7, 11) is 0. The minimum atomic E-state index is 0.325. The quantitative estimate of drug-likeness (QED) is 0.863. The number of rotatable bonds is 3. The Morgan fingerprint density at radius 2 is 1.74 bits per heavy atom. The standard InChI is InChI=1S/C18H29N/c1-12-5-6-15(4)16(8-12)11-18(19)17-9-13(2)7-14(3)10-17/h5-6,8,13-14,17-18H,7,9-11,19H2,1-4H3. The summed E-state index contributed by atoms with van der Waals surface area (Å²) >= 11 is 0. The second kappa shape index (κ2) is 6.09. The van der Waals surface area contributed by atoms with Crippen molar-refractivity contribution in [3.63, 3.8) is 0 Å². The van der Waals surface area contributed by atoms with Crippen molar-refractivity contribution in [2.24, 2.45) is 23.5 Å². The summed E-state index contributed by atoms with van der Waals surface area (Å²) in [5, 5.41) is 0. The van der Waals surface area contributed by atoms with E-state index in [4.69, 9.17) is 5.73 Å². The minimum Gasteiger partial charge on any atom is -0.327 e. The lowest BCUT2D eigenvalue weighted by Crippen LogP contribution is -2.37. The maximum absolute atomic E-state index is 6.52. The van der Waals surface area contributed by atoms with Gasteiger partial charge in [0.25, 0.3) is 0 Å². The summed E-state index contributed by atoms with van der Waals surface area (Å²) in [4.78, 5) is 0. The fourth-order valence-corrected chi connectivity index (χ4v) is 3.80. The first-order chi connectivity index (χ1) is 8.95. The molecule has 1 aromatic carbocycles. The lowest BCUT2D eigenvalue weighted by Gasteiger charge is -2.35. The Morgan fingerprint density at radius 3 is 2.37 bits per heavy atom. The zero-order valence-corrected chi connectivity index (χ0v) is 12.9. The van der Waals surface area contributed by atoms with Gasteiger partial charge < -0.3 is 5.73 Å². The normalized spacial score (nSPS) is 29.2. The van der Waals surface area contributed by atoms with Crippen LogP contribution in [0.5, 0.6) is 0 Å². The van der Waals surface area contributed by atoms with Crippen LogP contribution >= 0.6 is 0 Å². The van der Waals surface area contributed by atoms with Crippen LogP contribution < -0.4 is 5.73 Å². The van der Waals surface area contributed by atoms with Crippen molar-refractivity contribution < 1.29 is 0 Å². The van der Waals surface area contributed by atoms with Gasteiger partial charge in [-0.3, -0.25) is 0 Å². The Bertz CT molecular complexity index is 414. The van der Waals surface area contributed by atoms with E-state index in [9.17, 15) is 0 Å². The molecule has 0 spiro atoms. The van der Waals surface area contributed by atoms with Gasteiger partial charge in [-0.1, -0.05) is 37.6 Å². The first-order valence-electron chi connectivity index (χ1n) is 7.77. The molecule has 0 aliphatic heterocycles. The highest BCUT2D eigenvalue weighted by molar-refractivity contribution is 5.31. The van der Waals surface area contributed by atoms with Gasteiger partial charge in [-0.05, 0) is 68.4 Å². The summed E-state index contributed by atoms with van der Waals surface area (Å²) in [6.45, 7) is 9.13. The molecule has 3 unspecified atom stereocenters. The summed E-state index contributed by atoms with van der Waals surface area (Å²) in [5.74, 6) is 2.40. The summed E-state index contributed by atoms with van der Waals surface area (Å²) in [5.41, 5.74) is 10.7. The van der Waals surface area contributed by atoms with Crippen LogP contribution in [0.3, 0.4) is 0 Å². The highest BCUT2D eigenvalue weighted by Gasteiger charge is 2.28. The number of nitrogens with two attached hydrogens (primary N) is 1. The molecule has 0 amide bonds. The highest BCUT2D eigenvalue weighted by Crippen LogP contribution is 2.35. The van der Waals surface area contributed by atoms with Crippen LogP contribution in [0.2, 0.25) is 0 Å². The van der Waals surface area contributed by atoms with Gasteiger partial charge in [0.05, 0.1) is 0 Å². The summed E-state index contributed by atoms with van der Waals surface area (Å²) < 4.78 is 0. The van der Waals surface area contributed by atoms with Gasteiger partial charge in [0.1, 0.15) is 0 Å². The molecule has 1 fully saturated rings. The third kappa shape index (κ3) is 3.82. The Morgan fingerprint density at radius 1 is 1.11 bits per heavy atom. The molecule has 106 valence electrons. The molecule has 2 rings (SSSR count). The van der Waals surface area contributed by atoms with E-state index >= 15 is 0 Å². The fraction of sp³-hybridized carbons (Fsp3) is 0.667. The van der Waals surface area contributed by atoms with E-state index in [0.717, 1.165) is 18.3 Å².